The molecule has 1 heterocycles. The van der Waals surface area contributed by atoms with Gasteiger partial charge in [0.1, 0.15) is 11.5 Å². The van der Waals surface area contributed by atoms with Gasteiger partial charge in [-0.15, -0.1) is 6.42 Å². The molecule has 38 heavy (non-hydrogen) atoms. The van der Waals surface area contributed by atoms with Crippen molar-refractivity contribution >= 4 is 28.9 Å². The third-order valence-electron chi connectivity index (χ3n) is 5.75. The predicted octanol–water partition coefficient (Wildman–Crippen LogP) is 2.85. The number of morpholine rings is 1. The van der Waals surface area contributed by atoms with E-state index in [1.54, 1.807) is 12.1 Å². The Kier molecular flexibility index (Phi) is 11.6. The number of benzene rings is 2. The molecule has 0 aromatic heterocycles. The van der Waals surface area contributed by atoms with Crippen molar-refractivity contribution in [3.8, 4) is 23.8 Å². The molecule has 0 saturated carbocycles. The van der Waals surface area contributed by atoms with Gasteiger partial charge in [-0.25, -0.2) is 0 Å². The van der Waals surface area contributed by atoms with Crippen molar-refractivity contribution < 1.29 is 28.5 Å². The van der Waals surface area contributed by atoms with E-state index in [1.807, 2.05) is 31.2 Å². The molecule has 1 saturated heterocycles. The first-order valence-electron chi connectivity index (χ1n) is 12.1. The molecule has 0 aliphatic carbocycles. The van der Waals surface area contributed by atoms with Gasteiger partial charge in [0.05, 0.1) is 18.8 Å². The number of rotatable bonds is 11. The lowest BCUT2D eigenvalue weighted by atomic mass is 9.97. The minimum atomic E-state index is -0.482. The molecule has 204 valence electrons. The lowest BCUT2D eigenvalue weighted by molar-refractivity contribution is 0.0342. The molecule has 2 aromatic rings. The monoisotopic (exact) mass is 542 g/mol. The number of hydrogen-bond donors (Lipinski definition) is 3. The lowest BCUT2D eigenvalue weighted by Gasteiger charge is -2.26. The number of carbonyl (C=O) groups is 1. The number of thiocarbonyl (C=S) groups is 1. The third-order valence-corrected chi connectivity index (χ3v) is 5.95. The highest BCUT2D eigenvalue weighted by Gasteiger charge is 2.21. The summed E-state index contributed by atoms with van der Waals surface area (Å²) < 4.78 is 26.7. The number of hydrogen-bond acceptors (Lipinski definition) is 8. The molecule has 10 nitrogen and oxygen atoms in total. The molecular weight excluding hydrogens is 508 g/mol. The molecule has 2 aromatic carbocycles. The normalized spacial score (nSPS) is 14.2. The minimum Gasteiger partial charge on any atom is -0.467 e. The van der Waals surface area contributed by atoms with Crippen LogP contribution in [-0.2, 0) is 20.8 Å². The van der Waals surface area contributed by atoms with Crippen LogP contribution in [0.25, 0.3) is 0 Å². The number of nitrogens with zero attached hydrogens (tertiary/aromatic N) is 1. The molecule has 1 amide bonds. The molecule has 1 atom stereocenters. The number of terminal acetylenes is 1. The van der Waals surface area contributed by atoms with E-state index in [0.717, 1.165) is 38.5 Å². The van der Waals surface area contributed by atoms with Gasteiger partial charge in [0.25, 0.3) is 5.91 Å². The molecule has 0 spiro atoms. The maximum Gasteiger partial charge on any atom is 0.273 e. The summed E-state index contributed by atoms with van der Waals surface area (Å²) >= 11 is 5.35. The Morgan fingerprint density at radius 3 is 2.37 bits per heavy atom. The Hall–Kier alpha value is -3.40. The Labute approximate surface area is 228 Å². The average Bonchev–Trinajstić information content (AvgIpc) is 2.94. The largest absolute Gasteiger partial charge is 0.467 e. The second kappa shape index (κ2) is 15.1. The van der Waals surface area contributed by atoms with E-state index in [4.69, 9.17) is 42.3 Å². The number of carbonyl (C=O) groups excluding carboxylic acids is 1. The SMILES string of the molecule is C#CC(C)c1cc(C(=O)NNC(=S)Nc2ccc(CN3CCOCC3)cc2)c(OCOC)cc1OCOC. The molecular formula is C27H34N4O6S. The van der Waals surface area contributed by atoms with Gasteiger partial charge in [0, 0.05) is 57.1 Å². The van der Waals surface area contributed by atoms with Crippen LogP contribution in [0.2, 0.25) is 0 Å². The minimum absolute atomic E-state index is 0.00917. The first-order valence-corrected chi connectivity index (χ1v) is 12.5. The van der Waals surface area contributed by atoms with Gasteiger partial charge in [-0.1, -0.05) is 18.1 Å². The van der Waals surface area contributed by atoms with Crippen molar-refractivity contribution in [1.82, 2.24) is 15.8 Å². The van der Waals surface area contributed by atoms with Gasteiger partial charge in [0.2, 0.25) is 0 Å². The topological polar surface area (TPSA) is 103 Å². The number of amides is 1. The van der Waals surface area contributed by atoms with Crippen molar-refractivity contribution in [1.29, 1.82) is 0 Å². The number of hydrazine groups is 1. The standard InChI is InChI=1S/C27H34N4O6S/c1-5-19(2)22-14-23(25(37-18-34-4)15-24(22)36-17-33-3)26(32)29-30-27(38)28-21-8-6-20(7-9-21)16-31-10-12-35-13-11-31/h1,6-9,14-15,19H,10-13,16-18H2,2-4H3,(H,29,32)(H2,28,30,38). The van der Waals surface area contributed by atoms with Crippen LogP contribution >= 0.6 is 12.2 Å². The highest BCUT2D eigenvalue weighted by molar-refractivity contribution is 7.80. The van der Waals surface area contributed by atoms with Crippen LogP contribution in [0.4, 0.5) is 5.69 Å². The Bertz CT molecular complexity index is 1120. The first-order chi connectivity index (χ1) is 18.4. The van der Waals surface area contributed by atoms with Crippen molar-refractivity contribution in [3.05, 3.63) is 53.1 Å². The van der Waals surface area contributed by atoms with E-state index < -0.39 is 5.91 Å². The summed E-state index contributed by atoms with van der Waals surface area (Å²) in [7, 11) is 2.99. The van der Waals surface area contributed by atoms with Gasteiger partial charge in [-0.05, 0) is 42.9 Å². The number of nitrogens with one attached hydrogen (secondary N) is 3. The molecule has 11 heteroatoms. The van der Waals surface area contributed by atoms with Crippen LogP contribution in [0.5, 0.6) is 11.5 Å². The zero-order valence-electron chi connectivity index (χ0n) is 21.9. The van der Waals surface area contributed by atoms with E-state index in [1.165, 1.54) is 19.8 Å². The van der Waals surface area contributed by atoms with Crippen LogP contribution in [-0.4, -0.2) is 70.0 Å². The van der Waals surface area contributed by atoms with Crippen LogP contribution in [0.3, 0.4) is 0 Å². The predicted molar refractivity (Wildman–Crippen MR) is 148 cm³/mol. The van der Waals surface area contributed by atoms with Crippen LogP contribution < -0.4 is 25.6 Å². The smallest absolute Gasteiger partial charge is 0.273 e. The lowest BCUT2D eigenvalue weighted by Crippen LogP contribution is -2.43. The molecule has 1 aliphatic heterocycles. The second-order valence-electron chi connectivity index (χ2n) is 8.49. The van der Waals surface area contributed by atoms with E-state index in [0.29, 0.717) is 11.3 Å². The fourth-order valence-electron chi connectivity index (χ4n) is 3.73. The van der Waals surface area contributed by atoms with Crippen molar-refractivity contribution in [3.63, 3.8) is 0 Å². The molecule has 0 bridgehead atoms. The van der Waals surface area contributed by atoms with E-state index in [9.17, 15) is 4.79 Å². The van der Waals surface area contributed by atoms with Gasteiger partial charge in [-0.2, -0.15) is 0 Å². The van der Waals surface area contributed by atoms with Crippen molar-refractivity contribution in [2.45, 2.75) is 19.4 Å². The Morgan fingerprint density at radius 2 is 1.74 bits per heavy atom. The first kappa shape index (κ1) is 29.2. The highest BCUT2D eigenvalue weighted by atomic mass is 32.1. The summed E-state index contributed by atoms with van der Waals surface area (Å²) in [6, 6.07) is 11.2. The zero-order valence-corrected chi connectivity index (χ0v) is 22.7. The van der Waals surface area contributed by atoms with E-state index in [-0.39, 0.29) is 35.9 Å². The zero-order chi connectivity index (χ0) is 27.3. The summed E-state index contributed by atoms with van der Waals surface area (Å²) in [6.07, 6.45) is 5.64. The number of ether oxygens (including phenoxy) is 5. The van der Waals surface area contributed by atoms with Crippen molar-refractivity contribution in [2.75, 3.05) is 59.4 Å². The average molecular weight is 543 g/mol. The Balaban J connectivity index is 1.64. The fourth-order valence-corrected chi connectivity index (χ4v) is 3.90. The Morgan fingerprint density at radius 1 is 1.08 bits per heavy atom. The summed E-state index contributed by atoms with van der Waals surface area (Å²) in [5, 5.41) is 3.28. The number of methoxy groups -OCH3 is 2. The summed E-state index contributed by atoms with van der Waals surface area (Å²) in [4.78, 5) is 15.4. The van der Waals surface area contributed by atoms with E-state index in [2.05, 4.69) is 27.0 Å². The summed E-state index contributed by atoms with van der Waals surface area (Å²) in [6.45, 7) is 6.03. The molecule has 1 unspecified atom stereocenters. The molecule has 3 rings (SSSR count). The third kappa shape index (κ3) is 8.58. The highest BCUT2D eigenvalue weighted by Crippen LogP contribution is 2.34. The fraction of sp³-hybridized carbons (Fsp3) is 0.407. The molecule has 3 N–H and O–H groups in total. The quantitative estimate of drug-likeness (QED) is 0.170. The van der Waals surface area contributed by atoms with E-state index >= 15 is 0 Å². The molecule has 1 aliphatic rings. The maximum atomic E-state index is 13.1. The van der Waals surface area contributed by atoms with Crippen LogP contribution in [0.15, 0.2) is 36.4 Å². The molecule has 1 fully saturated rings. The van der Waals surface area contributed by atoms with Gasteiger partial charge >= 0.3 is 0 Å². The van der Waals surface area contributed by atoms with Crippen LogP contribution in [0.1, 0.15) is 34.3 Å². The second-order valence-corrected chi connectivity index (χ2v) is 8.90. The van der Waals surface area contributed by atoms with Crippen LogP contribution in [0, 0.1) is 12.3 Å². The van der Waals surface area contributed by atoms with Gasteiger partial charge in [-0.3, -0.25) is 20.5 Å². The summed E-state index contributed by atoms with van der Waals surface area (Å²) in [5.74, 6) is 2.55. The molecule has 0 radical (unpaired) electrons. The van der Waals surface area contributed by atoms with Crippen molar-refractivity contribution in [2.24, 2.45) is 0 Å². The van der Waals surface area contributed by atoms with Gasteiger partial charge in [0.15, 0.2) is 18.7 Å². The summed E-state index contributed by atoms with van der Waals surface area (Å²) in [5.41, 5.74) is 8.17. The maximum absolute atomic E-state index is 13.1. The number of anilines is 1. The van der Waals surface area contributed by atoms with Gasteiger partial charge < -0.3 is 29.0 Å².